The second kappa shape index (κ2) is 39.5. The van der Waals surface area contributed by atoms with Gasteiger partial charge in [-0.3, -0.25) is 77.3 Å². The minimum Gasteiger partial charge on any atom is -0.481 e. The maximum absolute atomic E-state index is 13.7. The minimum atomic E-state index is -2.07. The Bertz CT molecular complexity index is 2380. The molecule has 0 aromatic carbocycles. The number of rotatable bonds is 42. The minimum absolute atomic E-state index is 0.0678. The van der Waals surface area contributed by atoms with Crippen LogP contribution in [0.4, 0.5) is 0 Å². The van der Waals surface area contributed by atoms with Gasteiger partial charge in [0.2, 0.25) is 65.0 Å². The largest absolute Gasteiger partial charge is 0.481 e. The summed E-state index contributed by atoms with van der Waals surface area (Å²) in [6.45, 7) is -2.46. The number of carbonyl (C=O) groups is 15. The molecular weight excluding hydrogens is 1150 g/mol. The summed E-state index contributed by atoms with van der Waals surface area (Å²) >= 11 is 0. The lowest BCUT2D eigenvalue weighted by molar-refractivity contribution is -0.140. The number of guanidine groups is 1. The first kappa shape index (κ1) is 76.1. The predicted octanol–water partition coefficient (Wildman–Crippen LogP) is -12.1. The van der Waals surface area contributed by atoms with E-state index in [4.69, 9.17) is 22.0 Å². The summed E-state index contributed by atoms with van der Waals surface area (Å²) in [5.41, 5.74) is 11.1. The van der Waals surface area contributed by atoms with Crippen molar-refractivity contribution in [2.75, 3.05) is 46.1 Å². The molecule has 39 heteroatoms. The Hall–Kier alpha value is -8.92. The van der Waals surface area contributed by atoms with Gasteiger partial charge in [0.15, 0.2) is 5.96 Å². The molecule has 85 heavy (non-hydrogen) atoms. The molecule has 480 valence electrons. The number of hydrogen-bond acceptors (Lipinski definition) is 22. The number of amides is 11. The van der Waals surface area contributed by atoms with Crippen LogP contribution in [0, 0.1) is 11.3 Å². The summed E-state index contributed by atoms with van der Waals surface area (Å²) < 4.78 is 0. The molecule has 0 aliphatic carbocycles. The monoisotopic (exact) mass is 1220 g/mol. The Morgan fingerprint density at radius 3 is 1.08 bits per heavy atom. The van der Waals surface area contributed by atoms with Gasteiger partial charge in [0, 0.05) is 25.8 Å². The topological polar surface area (TPSA) is 658 Å². The van der Waals surface area contributed by atoms with Gasteiger partial charge in [0.1, 0.15) is 60.9 Å². The molecule has 11 atom stereocenters. The Kier molecular flexibility index (Phi) is 35.4. The number of aliphatic hydroxyl groups excluding tert-OH is 5. The number of carbonyl (C=O) groups excluding carboxylic acids is 11. The van der Waals surface area contributed by atoms with Crippen LogP contribution < -0.4 is 75.3 Å². The molecule has 0 aliphatic rings. The molecule has 0 aromatic rings. The zero-order valence-corrected chi connectivity index (χ0v) is 46.3. The molecule has 0 aromatic heterocycles. The molecule has 11 amide bonds. The van der Waals surface area contributed by atoms with Crippen LogP contribution >= 0.6 is 0 Å². The van der Waals surface area contributed by atoms with Crippen molar-refractivity contribution in [3.8, 4) is 0 Å². The highest BCUT2D eigenvalue weighted by Gasteiger charge is 2.37. The van der Waals surface area contributed by atoms with Crippen LogP contribution in [0.3, 0.4) is 0 Å². The van der Waals surface area contributed by atoms with E-state index >= 15 is 0 Å². The van der Waals surface area contributed by atoms with Crippen molar-refractivity contribution in [3.05, 3.63) is 0 Å². The Morgan fingerprint density at radius 2 is 0.718 bits per heavy atom. The zero-order chi connectivity index (χ0) is 65.3. The van der Waals surface area contributed by atoms with E-state index in [-0.39, 0.29) is 19.4 Å². The highest BCUT2D eigenvalue weighted by atomic mass is 16.4. The van der Waals surface area contributed by atoms with Gasteiger partial charge in [-0.1, -0.05) is 13.8 Å². The lowest BCUT2D eigenvalue weighted by Crippen LogP contribution is -2.62. The average Bonchev–Trinajstić information content (AvgIpc) is 3.65. The van der Waals surface area contributed by atoms with Crippen molar-refractivity contribution in [2.24, 2.45) is 17.4 Å². The Morgan fingerprint density at radius 1 is 0.400 bits per heavy atom. The van der Waals surface area contributed by atoms with E-state index in [0.29, 0.717) is 0 Å². The number of carboxylic acids is 4. The predicted molar refractivity (Wildman–Crippen MR) is 284 cm³/mol. The standard InChI is InChI=1S/C46H77N15O24/c1-19(2)34(47)44(84)60-28(18-65)43(83)56-24(8-11-32(72)73)40(80)61-35(20(3)66)45(85)57-23(7-10-31(70)71)39(79)59-27(17-64)42(82)54-21(5-4-12-50-46(48)49)36(76)51-13-29(67)53-26(16-63)41(81)55-22(6-9-30(68)69)38(78)58-25(15-62)37(77)52-14-33(74)75/h19-28,34-35,62-66H,4-18,47H2,1-3H3,(H,51,76)(H,52,77)(H,53,67)(H,54,82)(H,55,81)(H,56,83)(H,57,85)(H,58,78)(H,59,79)(H,60,84)(H,61,80)(H,68,69)(H,70,71)(H,72,73)(H,74,75)(H4,48,49,50)/t20-,21+,22+,23+,24+,25+,26+,27+,28+,34+,35+/m1/s1. The van der Waals surface area contributed by atoms with Crippen LogP contribution in [0.25, 0.3) is 0 Å². The molecule has 0 radical (unpaired) electrons. The fourth-order valence-electron chi connectivity index (χ4n) is 6.86. The van der Waals surface area contributed by atoms with Crippen LogP contribution in [-0.2, 0) is 71.9 Å². The molecule has 0 unspecified atom stereocenters. The second-order valence-electron chi connectivity index (χ2n) is 18.9. The summed E-state index contributed by atoms with van der Waals surface area (Å²) in [5.74, 6) is -20.5. The third-order valence-electron chi connectivity index (χ3n) is 11.7. The van der Waals surface area contributed by atoms with Crippen LogP contribution in [0.2, 0.25) is 0 Å². The van der Waals surface area contributed by atoms with Gasteiger partial charge in [-0.25, -0.2) is 0 Å². The number of aliphatic hydroxyl groups is 5. The van der Waals surface area contributed by atoms with Crippen molar-refractivity contribution >= 4 is 94.8 Å². The number of nitrogens with one attached hydrogen (secondary N) is 13. The van der Waals surface area contributed by atoms with Crippen molar-refractivity contribution in [2.45, 2.75) is 139 Å². The normalized spacial score (nSPS) is 14.8. The lowest BCUT2D eigenvalue weighted by Gasteiger charge is -2.28. The number of aliphatic carboxylic acids is 4. The van der Waals surface area contributed by atoms with Crippen LogP contribution in [0.5, 0.6) is 0 Å². The summed E-state index contributed by atoms with van der Waals surface area (Å²) in [5, 5.41) is 120. The zero-order valence-electron chi connectivity index (χ0n) is 46.3. The van der Waals surface area contributed by atoms with E-state index in [1.807, 2.05) is 16.0 Å². The second-order valence-corrected chi connectivity index (χ2v) is 18.9. The number of hydrogen-bond donors (Lipinski definition) is 24. The molecule has 0 saturated heterocycles. The molecule has 0 bridgehead atoms. The first-order valence-corrected chi connectivity index (χ1v) is 25.8. The molecular formula is C46H77N15O24. The lowest BCUT2D eigenvalue weighted by atomic mass is 10.0. The van der Waals surface area contributed by atoms with Gasteiger partial charge in [-0.15, -0.1) is 0 Å². The van der Waals surface area contributed by atoms with Crippen LogP contribution in [0.15, 0.2) is 0 Å². The Balaban J connectivity index is 6.44. The van der Waals surface area contributed by atoms with E-state index in [1.165, 1.54) is 0 Å². The van der Waals surface area contributed by atoms with Crippen molar-refractivity contribution < 1.29 is 118 Å². The van der Waals surface area contributed by atoms with Gasteiger partial charge in [0.25, 0.3) is 0 Å². The first-order chi connectivity index (χ1) is 39.7. The maximum Gasteiger partial charge on any atom is 0.322 e. The van der Waals surface area contributed by atoms with Crippen LogP contribution in [-0.4, -0.2) is 253 Å². The highest BCUT2D eigenvalue weighted by molar-refractivity contribution is 5.99. The quantitative estimate of drug-likeness (QED) is 0.0153. The summed E-state index contributed by atoms with van der Waals surface area (Å²) in [6, 6.07) is -18.0. The maximum atomic E-state index is 13.7. The SMILES string of the molecule is CC(C)[C@H](N)C(=O)N[C@@H](CO)C(=O)N[C@@H](CCC(=O)O)C(=O)N[C@H](C(=O)N[C@@H](CCC(=O)O)C(=O)N[C@@H](CO)C(=O)N[C@@H](CCCNC(=N)N)C(=O)NCC(=O)N[C@@H](CO)C(=O)N[C@@H](CCC(=O)O)C(=O)N[C@@H](CO)C(=O)NCC(=O)O)[C@@H](C)O. The molecule has 0 aliphatic heterocycles. The van der Waals surface area contributed by atoms with E-state index in [1.54, 1.807) is 13.8 Å². The van der Waals surface area contributed by atoms with E-state index in [0.717, 1.165) is 6.92 Å². The van der Waals surface area contributed by atoms with Crippen molar-refractivity contribution in [1.29, 1.82) is 5.41 Å². The van der Waals surface area contributed by atoms with Gasteiger partial charge in [-0.2, -0.15) is 0 Å². The van der Waals surface area contributed by atoms with E-state index in [2.05, 4.69) is 47.9 Å². The molecule has 0 rings (SSSR count). The van der Waals surface area contributed by atoms with E-state index in [9.17, 15) is 113 Å². The molecule has 26 N–H and O–H groups in total. The molecule has 0 heterocycles. The van der Waals surface area contributed by atoms with E-state index < -0.39 is 245 Å². The summed E-state index contributed by atoms with van der Waals surface area (Å²) in [4.78, 5) is 190. The average molecular weight is 1220 g/mol. The van der Waals surface area contributed by atoms with Crippen LogP contribution in [0.1, 0.15) is 72.1 Å². The fourth-order valence-corrected chi connectivity index (χ4v) is 6.86. The third-order valence-corrected chi connectivity index (χ3v) is 11.7. The molecule has 0 fully saturated rings. The van der Waals surface area contributed by atoms with Gasteiger partial charge >= 0.3 is 23.9 Å². The number of carboxylic acid groups (broad SMARTS) is 4. The fraction of sp³-hybridized carbons (Fsp3) is 0.652. The van der Waals surface area contributed by atoms with Gasteiger partial charge in [0.05, 0.1) is 45.1 Å². The van der Waals surface area contributed by atoms with Gasteiger partial charge in [-0.05, 0) is 44.9 Å². The van der Waals surface area contributed by atoms with Crippen molar-refractivity contribution in [3.63, 3.8) is 0 Å². The Labute approximate surface area is 483 Å². The van der Waals surface area contributed by atoms with Gasteiger partial charge < -0.3 is 121 Å². The van der Waals surface area contributed by atoms with Crippen molar-refractivity contribution in [1.82, 2.24) is 63.8 Å². The summed E-state index contributed by atoms with van der Waals surface area (Å²) in [6.07, 6.45) is -6.79. The smallest absolute Gasteiger partial charge is 0.322 e. The molecule has 0 saturated carbocycles. The first-order valence-electron chi connectivity index (χ1n) is 25.8. The number of nitrogens with two attached hydrogens (primary N) is 2. The third kappa shape index (κ3) is 30.3. The summed E-state index contributed by atoms with van der Waals surface area (Å²) in [7, 11) is 0. The highest BCUT2D eigenvalue weighted by Crippen LogP contribution is 2.08. The molecule has 39 nitrogen and oxygen atoms in total. The molecule has 0 spiro atoms.